The first kappa shape index (κ1) is 10.1. The van der Waals surface area contributed by atoms with Gasteiger partial charge in [0.1, 0.15) is 0 Å². The molecule has 2 N–H and O–H groups in total. The van der Waals surface area contributed by atoms with E-state index in [1.165, 1.54) is 12.1 Å². The van der Waals surface area contributed by atoms with Crippen LogP contribution >= 0.6 is 0 Å². The van der Waals surface area contributed by atoms with E-state index >= 15 is 0 Å². The molecule has 0 spiro atoms. The lowest BCUT2D eigenvalue weighted by molar-refractivity contribution is -0.0287. The molecule has 1 rings (SSSR count). The van der Waals surface area contributed by atoms with Gasteiger partial charge >= 0.3 is 0 Å². The van der Waals surface area contributed by atoms with Crippen LogP contribution in [-0.4, -0.2) is 20.3 Å². The highest BCUT2D eigenvalue weighted by Gasteiger charge is 2.12. The molecule has 0 unspecified atom stereocenters. The summed E-state index contributed by atoms with van der Waals surface area (Å²) in [5.74, 6) is 0. The second-order valence-corrected chi connectivity index (χ2v) is 3.82. The van der Waals surface area contributed by atoms with Gasteiger partial charge in [0.25, 0.3) is 10.0 Å². The minimum Gasteiger partial charge on any atom is -0.369 e. The van der Waals surface area contributed by atoms with E-state index in [0.717, 1.165) is 0 Å². The first-order valence-corrected chi connectivity index (χ1v) is 4.94. The maximum absolute atomic E-state index is 11.2. The van der Waals surface area contributed by atoms with Crippen LogP contribution in [0.1, 0.15) is 0 Å². The molecule has 0 radical (unpaired) electrons. The van der Waals surface area contributed by atoms with Gasteiger partial charge in [-0.15, -0.1) is 0 Å². The zero-order valence-electron chi connectivity index (χ0n) is 6.67. The Hall–Kier alpha value is -0.950. The van der Waals surface area contributed by atoms with Crippen molar-refractivity contribution in [2.75, 3.05) is 6.79 Å². The Bertz CT molecular complexity index is 348. The summed E-state index contributed by atoms with van der Waals surface area (Å²) in [6.07, 6.45) is 0. The molecular weight excluding hydrogens is 194 g/mol. The monoisotopic (exact) mass is 203 g/mol. The predicted octanol–water partition coefficient (Wildman–Crippen LogP) is -0.154. The first-order chi connectivity index (χ1) is 6.17. The number of aliphatic hydroxyl groups is 1. The highest BCUT2D eigenvalue weighted by atomic mass is 32.2. The molecule has 0 amide bonds. The Balaban J connectivity index is 2.83. The SMILES string of the molecule is O=S(=O)(NOCO)c1ccccc1. The minimum atomic E-state index is -3.65. The van der Waals surface area contributed by atoms with E-state index < -0.39 is 16.8 Å². The third kappa shape index (κ3) is 2.78. The average Bonchev–Trinajstić information content (AvgIpc) is 2.16. The molecule has 0 aliphatic rings. The van der Waals surface area contributed by atoms with E-state index in [2.05, 4.69) is 4.84 Å². The smallest absolute Gasteiger partial charge is 0.262 e. The zero-order valence-corrected chi connectivity index (χ0v) is 7.49. The van der Waals surface area contributed by atoms with Gasteiger partial charge in [0.15, 0.2) is 6.79 Å². The van der Waals surface area contributed by atoms with Crippen molar-refractivity contribution in [1.82, 2.24) is 4.89 Å². The summed E-state index contributed by atoms with van der Waals surface area (Å²) in [5.41, 5.74) is 0. The lowest BCUT2D eigenvalue weighted by atomic mass is 10.4. The van der Waals surface area contributed by atoms with Gasteiger partial charge in [0.2, 0.25) is 0 Å². The average molecular weight is 203 g/mol. The minimum absolute atomic E-state index is 0.0865. The molecule has 0 aliphatic carbocycles. The van der Waals surface area contributed by atoms with E-state index in [1.54, 1.807) is 23.1 Å². The fourth-order valence-corrected chi connectivity index (χ4v) is 1.57. The van der Waals surface area contributed by atoms with Crippen molar-refractivity contribution in [2.24, 2.45) is 0 Å². The van der Waals surface area contributed by atoms with Crippen molar-refractivity contribution in [2.45, 2.75) is 4.90 Å². The Morgan fingerprint density at radius 1 is 1.31 bits per heavy atom. The summed E-state index contributed by atoms with van der Waals surface area (Å²) in [6.45, 7) is -0.702. The van der Waals surface area contributed by atoms with E-state index in [9.17, 15) is 8.42 Å². The van der Waals surface area contributed by atoms with Gasteiger partial charge in [-0.1, -0.05) is 23.1 Å². The maximum Gasteiger partial charge on any atom is 0.262 e. The summed E-state index contributed by atoms with van der Waals surface area (Å²) in [4.78, 5) is 6.00. The number of hydrogen-bond acceptors (Lipinski definition) is 4. The van der Waals surface area contributed by atoms with Crippen molar-refractivity contribution < 1.29 is 18.4 Å². The Kier molecular flexibility index (Phi) is 3.38. The number of aliphatic hydroxyl groups excluding tert-OH is 1. The molecule has 0 aromatic heterocycles. The molecule has 6 heteroatoms. The van der Waals surface area contributed by atoms with Gasteiger partial charge in [0.05, 0.1) is 4.90 Å². The lowest BCUT2D eigenvalue weighted by Gasteiger charge is -2.03. The fraction of sp³-hybridized carbons (Fsp3) is 0.143. The molecular formula is C7H9NO4S. The Labute approximate surface area is 76.0 Å². The molecule has 72 valence electrons. The third-order valence-corrected chi connectivity index (χ3v) is 2.52. The fourth-order valence-electron chi connectivity index (χ4n) is 0.752. The molecule has 13 heavy (non-hydrogen) atoms. The molecule has 5 nitrogen and oxygen atoms in total. The van der Waals surface area contributed by atoms with Crippen molar-refractivity contribution >= 4 is 10.0 Å². The molecule has 1 aromatic carbocycles. The van der Waals surface area contributed by atoms with Crippen molar-refractivity contribution in [1.29, 1.82) is 0 Å². The molecule has 0 saturated carbocycles. The maximum atomic E-state index is 11.2. The van der Waals surface area contributed by atoms with Crippen LogP contribution in [0.2, 0.25) is 0 Å². The molecule has 0 atom stereocenters. The van der Waals surface area contributed by atoms with Crippen molar-refractivity contribution in [3.63, 3.8) is 0 Å². The van der Waals surface area contributed by atoms with E-state index in [-0.39, 0.29) is 4.90 Å². The highest BCUT2D eigenvalue weighted by molar-refractivity contribution is 7.89. The summed E-state index contributed by atoms with van der Waals surface area (Å²) < 4.78 is 22.5. The summed E-state index contributed by atoms with van der Waals surface area (Å²) in [6, 6.07) is 7.72. The third-order valence-electron chi connectivity index (χ3n) is 1.29. The molecule has 0 fully saturated rings. The van der Waals surface area contributed by atoms with Crippen LogP contribution in [0.3, 0.4) is 0 Å². The molecule has 0 saturated heterocycles. The Morgan fingerprint density at radius 2 is 1.92 bits per heavy atom. The van der Waals surface area contributed by atoms with Gasteiger partial charge in [-0.05, 0) is 12.1 Å². The second-order valence-electron chi connectivity index (χ2n) is 2.17. The molecule has 0 bridgehead atoms. The van der Waals surface area contributed by atoms with Crippen molar-refractivity contribution in [3.8, 4) is 0 Å². The van der Waals surface area contributed by atoms with Crippen LogP contribution in [0, 0.1) is 0 Å². The van der Waals surface area contributed by atoms with Crippen LogP contribution in [-0.2, 0) is 14.9 Å². The van der Waals surface area contributed by atoms with Crippen LogP contribution < -0.4 is 4.89 Å². The zero-order chi connectivity index (χ0) is 9.73. The number of rotatable bonds is 4. The van der Waals surface area contributed by atoms with Crippen LogP contribution in [0.25, 0.3) is 0 Å². The van der Waals surface area contributed by atoms with E-state index in [1.807, 2.05) is 0 Å². The summed E-state index contributed by atoms with van der Waals surface area (Å²) >= 11 is 0. The number of sulfonamides is 1. The van der Waals surface area contributed by atoms with Gasteiger partial charge in [-0.25, -0.2) is 8.42 Å². The summed E-state index contributed by atoms with van der Waals surface area (Å²) in [5, 5.41) is 8.23. The highest BCUT2D eigenvalue weighted by Crippen LogP contribution is 2.06. The summed E-state index contributed by atoms with van der Waals surface area (Å²) in [7, 11) is -3.65. The quantitative estimate of drug-likeness (QED) is 0.527. The number of nitrogens with one attached hydrogen (secondary N) is 1. The van der Waals surface area contributed by atoms with Crippen LogP contribution in [0.5, 0.6) is 0 Å². The number of benzene rings is 1. The van der Waals surface area contributed by atoms with Crippen LogP contribution in [0.4, 0.5) is 0 Å². The molecule has 0 aliphatic heterocycles. The predicted molar refractivity (Wildman–Crippen MR) is 44.9 cm³/mol. The molecule has 0 heterocycles. The van der Waals surface area contributed by atoms with E-state index in [4.69, 9.17) is 5.11 Å². The van der Waals surface area contributed by atoms with Gasteiger partial charge in [-0.2, -0.15) is 0 Å². The number of hydrogen-bond donors (Lipinski definition) is 2. The first-order valence-electron chi connectivity index (χ1n) is 3.46. The van der Waals surface area contributed by atoms with Crippen molar-refractivity contribution in [3.05, 3.63) is 30.3 Å². The van der Waals surface area contributed by atoms with Gasteiger partial charge < -0.3 is 5.11 Å². The van der Waals surface area contributed by atoms with E-state index in [0.29, 0.717) is 0 Å². The Morgan fingerprint density at radius 3 is 2.46 bits per heavy atom. The largest absolute Gasteiger partial charge is 0.369 e. The van der Waals surface area contributed by atoms with Gasteiger partial charge in [0, 0.05) is 0 Å². The standard InChI is InChI=1S/C7H9NO4S/c9-6-12-8-13(10,11)7-4-2-1-3-5-7/h1-5,8-9H,6H2. The lowest BCUT2D eigenvalue weighted by Crippen LogP contribution is -2.24. The second kappa shape index (κ2) is 4.33. The van der Waals surface area contributed by atoms with Gasteiger partial charge in [-0.3, -0.25) is 4.84 Å². The normalized spacial score (nSPS) is 11.5. The topological polar surface area (TPSA) is 75.6 Å². The molecule has 1 aromatic rings. The van der Waals surface area contributed by atoms with Crippen LogP contribution in [0.15, 0.2) is 35.2 Å².